The van der Waals surface area contributed by atoms with Gasteiger partial charge in [0, 0.05) is 12.6 Å². The highest BCUT2D eigenvalue weighted by Crippen LogP contribution is 2.16. The summed E-state index contributed by atoms with van der Waals surface area (Å²) in [6.07, 6.45) is 5.04. The van der Waals surface area contributed by atoms with E-state index in [1.54, 1.807) is 0 Å². The minimum absolute atomic E-state index is 0.00373. The lowest BCUT2D eigenvalue weighted by atomic mass is 9.95. The first-order chi connectivity index (χ1) is 8.18. The van der Waals surface area contributed by atoms with Crippen LogP contribution in [0.15, 0.2) is 0 Å². The molecule has 0 atom stereocenters. The van der Waals surface area contributed by atoms with E-state index in [2.05, 4.69) is 15.4 Å². The van der Waals surface area contributed by atoms with Crippen molar-refractivity contribution >= 4 is 12.0 Å². The number of primary amides is 1. The van der Waals surface area contributed by atoms with Crippen molar-refractivity contribution in [3.8, 4) is 0 Å². The second-order valence-corrected chi connectivity index (χ2v) is 4.25. The molecule has 1 aliphatic carbocycles. The van der Waals surface area contributed by atoms with Crippen LogP contribution in [0, 0.1) is 0 Å². The first kappa shape index (κ1) is 13.8. The fourth-order valence-corrected chi connectivity index (χ4v) is 1.95. The lowest BCUT2D eigenvalue weighted by Gasteiger charge is -2.22. The Hall–Kier alpha value is -1.30. The summed E-state index contributed by atoms with van der Waals surface area (Å²) in [5, 5.41) is 5.87. The standard InChI is InChI=1S/C11H21N3O3/c12-11(16)17-7-6-13-8-10(15)14-9-4-2-1-3-5-9/h9,13H,1-8H2,(H2,12,16)(H,14,15). The zero-order chi connectivity index (χ0) is 12.5. The number of rotatable bonds is 6. The molecular weight excluding hydrogens is 222 g/mol. The Morgan fingerprint density at radius 1 is 1.24 bits per heavy atom. The van der Waals surface area contributed by atoms with E-state index in [4.69, 9.17) is 5.73 Å². The lowest BCUT2D eigenvalue weighted by molar-refractivity contribution is -0.121. The number of carbonyl (C=O) groups excluding carboxylic acids is 2. The maximum atomic E-state index is 11.5. The third kappa shape index (κ3) is 6.78. The van der Waals surface area contributed by atoms with Crippen molar-refractivity contribution in [2.24, 2.45) is 5.73 Å². The van der Waals surface area contributed by atoms with Gasteiger partial charge in [-0.2, -0.15) is 0 Å². The molecule has 0 saturated heterocycles. The van der Waals surface area contributed by atoms with Crippen LogP contribution in [0.25, 0.3) is 0 Å². The van der Waals surface area contributed by atoms with Gasteiger partial charge in [0.05, 0.1) is 6.54 Å². The summed E-state index contributed by atoms with van der Waals surface area (Å²) in [7, 11) is 0. The van der Waals surface area contributed by atoms with Gasteiger partial charge in [-0.1, -0.05) is 19.3 Å². The molecule has 1 fully saturated rings. The van der Waals surface area contributed by atoms with Gasteiger partial charge in [0.15, 0.2) is 0 Å². The van der Waals surface area contributed by atoms with Crippen LogP contribution in [0.4, 0.5) is 4.79 Å². The number of nitrogens with two attached hydrogens (primary N) is 1. The molecule has 0 aromatic heterocycles. The second-order valence-electron chi connectivity index (χ2n) is 4.25. The first-order valence-electron chi connectivity index (χ1n) is 6.11. The van der Waals surface area contributed by atoms with Crippen molar-refractivity contribution in [1.29, 1.82) is 0 Å². The fourth-order valence-electron chi connectivity index (χ4n) is 1.95. The first-order valence-corrected chi connectivity index (χ1v) is 6.11. The van der Waals surface area contributed by atoms with Crippen molar-refractivity contribution in [2.45, 2.75) is 38.1 Å². The number of nitrogens with one attached hydrogen (secondary N) is 2. The average molecular weight is 243 g/mol. The molecule has 0 heterocycles. The Labute approximate surface area is 101 Å². The van der Waals surface area contributed by atoms with Crippen molar-refractivity contribution in [2.75, 3.05) is 19.7 Å². The maximum absolute atomic E-state index is 11.5. The van der Waals surface area contributed by atoms with Gasteiger partial charge in [0.1, 0.15) is 6.61 Å². The Balaban J connectivity index is 1.98. The summed E-state index contributed by atoms with van der Waals surface area (Å²) in [6, 6.07) is 0.333. The molecule has 1 rings (SSSR count). The molecule has 6 nitrogen and oxygen atoms in total. The molecule has 98 valence electrons. The third-order valence-electron chi connectivity index (χ3n) is 2.78. The molecule has 1 aliphatic rings. The smallest absolute Gasteiger partial charge is 0.404 e. The summed E-state index contributed by atoms with van der Waals surface area (Å²) in [5.41, 5.74) is 4.79. The summed E-state index contributed by atoms with van der Waals surface area (Å²) in [5.74, 6) is -0.00373. The van der Waals surface area contributed by atoms with E-state index in [1.807, 2.05) is 0 Å². The van der Waals surface area contributed by atoms with E-state index in [1.165, 1.54) is 19.3 Å². The van der Waals surface area contributed by atoms with Crippen LogP contribution in [-0.2, 0) is 9.53 Å². The zero-order valence-corrected chi connectivity index (χ0v) is 10.0. The van der Waals surface area contributed by atoms with Gasteiger partial charge in [-0.3, -0.25) is 4.79 Å². The molecule has 0 bridgehead atoms. The van der Waals surface area contributed by atoms with Crippen LogP contribution in [-0.4, -0.2) is 37.7 Å². The van der Waals surface area contributed by atoms with Gasteiger partial charge < -0.3 is 21.1 Å². The highest BCUT2D eigenvalue weighted by Gasteiger charge is 2.14. The van der Waals surface area contributed by atoms with Crippen LogP contribution < -0.4 is 16.4 Å². The van der Waals surface area contributed by atoms with E-state index in [-0.39, 0.29) is 19.1 Å². The predicted molar refractivity (Wildman–Crippen MR) is 63.4 cm³/mol. The molecule has 0 spiro atoms. The number of ether oxygens (including phenoxy) is 1. The molecule has 1 saturated carbocycles. The summed E-state index contributed by atoms with van der Waals surface area (Å²) in [4.78, 5) is 21.8. The summed E-state index contributed by atoms with van der Waals surface area (Å²) >= 11 is 0. The van der Waals surface area contributed by atoms with E-state index >= 15 is 0 Å². The third-order valence-corrected chi connectivity index (χ3v) is 2.78. The van der Waals surface area contributed by atoms with Crippen LogP contribution >= 0.6 is 0 Å². The zero-order valence-electron chi connectivity index (χ0n) is 10.0. The molecule has 6 heteroatoms. The summed E-state index contributed by atoms with van der Waals surface area (Å²) in [6.45, 7) is 0.867. The number of amides is 2. The Kier molecular flexibility index (Phi) is 6.39. The minimum Gasteiger partial charge on any atom is -0.448 e. The van der Waals surface area contributed by atoms with Gasteiger partial charge in [-0.25, -0.2) is 4.79 Å². The topological polar surface area (TPSA) is 93.5 Å². The van der Waals surface area contributed by atoms with E-state index < -0.39 is 6.09 Å². The fraction of sp³-hybridized carbons (Fsp3) is 0.818. The van der Waals surface area contributed by atoms with E-state index in [0.717, 1.165) is 12.8 Å². The Bertz CT molecular complexity index is 252. The monoisotopic (exact) mass is 243 g/mol. The van der Waals surface area contributed by atoms with Crippen molar-refractivity contribution in [1.82, 2.24) is 10.6 Å². The Morgan fingerprint density at radius 3 is 2.59 bits per heavy atom. The minimum atomic E-state index is -0.793. The number of carbonyl (C=O) groups is 2. The molecule has 2 amide bonds. The molecule has 0 aromatic rings. The lowest BCUT2D eigenvalue weighted by Crippen LogP contribution is -2.42. The molecule has 0 unspecified atom stereocenters. The highest BCUT2D eigenvalue weighted by atomic mass is 16.5. The van der Waals surface area contributed by atoms with Gasteiger partial charge in [-0.15, -0.1) is 0 Å². The normalized spacial score (nSPS) is 16.5. The van der Waals surface area contributed by atoms with Crippen LogP contribution in [0.1, 0.15) is 32.1 Å². The van der Waals surface area contributed by atoms with Crippen LogP contribution in [0.2, 0.25) is 0 Å². The van der Waals surface area contributed by atoms with Gasteiger partial charge >= 0.3 is 6.09 Å². The largest absolute Gasteiger partial charge is 0.448 e. The predicted octanol–water partition coefficient (Wildman–Crippen LogP) is 0.120. The molecule has 0 radical (unpaired) electrons. The van der Waals surface area contributed by atoms with E-state index in [0.29, 0.717) is 12.6 Å². The Morgan fingerprint density at radius 2 is 1.94 bits per heavy atom. The molecule has 17 heavy (non-hydrogen) atoms. The van der Waals surface area contributed by atoms with Crippen LogP contribution in [0.5, 0.6) is 0 Å². The average Bonchev–Trinajstić information content (AvgIpc) is 2.29. The van der Waals surface area contributed by atoms with Crippen LogP contribution in [0.3, 0.4) is 0 Å². The second kappa shape index (κ2) is 7.89. The highest BCUT2D eigenvalue weighted by molar-refractivity contribution is 5.78. The maximum Gasteiger partial charge on any atom is 0.404 e. The quantitative estimate of drug-likeness (QED) is 0.578. The van der Waals surface area contributed by atoms with Gasteiger partial charge in [0.2, 0.25) is 5.91 Å². The van der Waals surface area contributed by atoms with Crippen molar-refractivity contribution < 1.29 is 14.3 Å². The number of hydrogen-bond donors (Lipinski definition) is 3. The molecular formula is C11H21N3O3. The molecule has 0 aromatic carbocycles. The van der Waals surface area contributed by atoms with Crippen molar-refractivity contribution in [3.05, 3.63) is 0 Å². The van der Waals surface area contributed by atoms with E-state index in [9.17, 15) is 9.59 Å². The summed E-state index contributed by atoms with van der Waals surface area (Å²) < 4.78 is 4.52. The van der Waals surface area contributed by atoms with Crippen molar-refractivity contribution in [3.63, 3.8) is 0 Å². The van der Waals surface area contributed by atoms with Gasteiger partial charge in [-0.05, 0) is 12.8 Å². The van der Waals surface area contributed by atoms with Gasteiger partial charge in [0.25, 0.3) is 0 Å². The molecule has 0 aliphatic heterocycles. The molecule has 4 N–H and O–H groups in total. The number of hydrogen-bond acceptors (Lipinski definition) is 4. The SMILES string of the molecule is NC(=O)OCCNCC(=O)NC1CCCCC1.